The molecule has 0 spiro atoms. The summed E-state index contributed by atoms with van der Waals surface area (Å²) in [4.78, 5) is 13.2. The quantitative estimate of drug-likeness (QED) is 0.563. The van der Waals surface area contributed by atoms with Gasteiger partial charge in [-0.25, -0.2) is 0 Å². The van der Waals surface area contributed by atoms with E-state index in [0.717, 1.165) is 18.7 Å². The smallest absolute Gasteiger partial charge is 0.243 e. The third kappa shape index (κ3) is 6.75. The van der Waals surface area contributed by atoms with E-state index in [1.807, 2.05) is 13.0 Å². The Morgan fingerprint density at radius 1 is 1.33 bits per heavy atom. The van der Waals surface area contributed by atoms with Crippen LogP contribution in [0.4, 0.5) is 5.69 Å². The summed E-state index contributed by atoms with van der Waals surface area (Å²) in [5.41, 5.74) is 1.56. The van der Waals surface area contributed by atoms with Crippen LogP contribution in [0.25, 0.3) is 0 Å². The highest BCUT2D eigenvalue weighted by atomic mass is 35.5. The van der Waals surface area contributed by atoms with Gasteiger partial charge in [0.25, 0.3) is 0 Å². The number of rotatable bonds is 6. The second-order valence-electron chi connectivity index (χ2n) is 5.03. The second-order valence-corrected chi connectivity index (χ2v) is 5.84. The molecule has 5 nitrogen and oxygen atoms in total. The number of benzene rings is 1. The number of hydrogen-bond donors (Lipinski definition) is 4. The van der Waals surface area contributed by atoms with Crippen molar-refractivity contribution in [2.24, 2.45) is 0 Å². The van der Waals surface area contributed by atoms with Crippen LogP contribution in [-0.4, -0.2) is 44.7 Å². The summed E-state index contributed by atoms with van der Waals surface area (Å²) in [6.07, 6.45) is 0. The Morgan fingerprint density at radius 2 is 2.05 bits per heavy atom. The first-order chi connectivity index (χ1) is 9.90. The average Bonchev–Trinajstić information content (AvgIpc) is 2.41. The highest BCUT2D eigenvalue weighted by Crippen LogP contribution is 2.22. The molecule has 0 bridgehead atoms. The normalized spacial score (nSPS) is 10.3. The van der Waals surface area contributed by atoms with Gasteiger partial charge in [-0.15, -0.1) is 0 Å². The number of quaternary nitrogens is 1. The zero-order chi connectivity index (χ0) is 15.8. The molecule has 4 N–H and O–H groups in total. The number of amides is 1. The summed E-state index contributed by atoms with van der Waals surface area (Å²) in [6, 6.07) is 5.40. The first-order valence-electron chi connectivity index (χ1n) is 6.76. The van der Waals surface area contributed by atoms with Gasteiger partial charge in [0.1, 0.15) is 0 Å². The minimum absolute atomic E-state index is 0.118. The lowest BCUT2D eigenvalue weighted by atomic mass is 10.2. The molecular weight excluding hydrogens is 308 g/mol. The van der Waals surface area contributed by atoms with E-state index in [2.05, 4.69) is 30.0 Å². The largest absolute Gasteiger partial charge is 0.357 e. The monoisotopic (exact) mass is 329 g/mol. The van der Waals surface area contributed by atoms with Crippen molar-refractivity contribution in [2.75, 3.05) is 39.0 Å². The number of nitrogens with one attached hydrogen (secondary N) is 4. The maximum atomic E-state index is 11.9. The molecule has 1 aromatic rings. The van der Waals surface area contributed by atoms with Gasteiger partial charge >= 0.3 is 0 Å². The number of anilines is 1. The van der Waals surface area contributed by atoms with Crippen molar-refractivity contribution in [3.63, 3.8) is 0 Å². The first kappa shape index (κ1) is 17.7. The molecule has 0 saturated heterocycles. The molecule has 7 heteroatoms. The first-order valence-corrected chi connectivity index (χ1v) is 7.54. The Labute approximate surface area is 136 Å². The Morgan fingerprint density at radius 3 is 2.71 bits per heavy atom. The molecule has 1 amide bonds. The predicted molar refractivity (Wildman–Crippen MR) is 91.1 cm³/mol. The van der Waals surface area contributed by atoms with Crippen molar-refractivity contribution >= 4 is 40.5 Å². The number of carbonyl (C=O) groups excluding carboxylic acids is 1. The number of halogens is 1. The lowest BCUT2D eigenvalue weighted by molar-refractivity contribution is -0.856. The van der Waals surface area contributed by atoms with Crippen molar-refractivity contribution in [3.8, 4) is 0 Å². The van der Waals surface area contributed by atoms with Gasteiger partial charge in [-0.1, -0.05) is 17.7 Å². The molecule has 0 radical (unpaired) electrons. The molecule has 0 atom stereocenters. The van der Waals surface area contributed by atoms with Crippen LogP contribution in [0.2, 0.25) is 5.02 Å². The molecule has 0 fully saturated rings. The van der Waals surface area contributed by atoms with Crippen molar-refractivity contribution < 1.29 is 9.69 Å². The summed E-state index contributed by atoms with van der Waals surface area (Å²) in [7, 11) is 4.14. The summed E-state index contributed by atoms with van der Waals surface area (Å²) in [6.45, 7) is 3.70. The molecule has 0 aliphatic carbocycles. The third-order valence-electron chi connectivity index (χ3n) is 2.86. The molecular formula is C14H22ClN4OS+. The molecule has 21 heavy (non-hydrogen) atoms. The molecule has 1 aromatic carbocycles. The Balaban J connectivity index is 2.34. The molecule has 0 aliphatic heterocycles. The van der Waals surface area contributed by atoms with Gasteiger partial charge in [-0.05, 0) is 36.8 Å². The Kier molecular flexibility index (Phi) is 7.42. The molecule has 1 rings (SSSR count). The van der Waals surface area contributed by atoms with Gasteiger partial charge in [0, 0.05) is 10.7 Å². The topological polar surface area (TPSA) is 57.6 Å². The van der Waals surface area contributed by atoms with Crippen molar-refractivity contribution in [2.45, 2.75) is 6.92 Å². The van der Waals surface area contributed by atoms with Crippen molar-refractivity contribution in [3.05, 3.63) is 28.8 Å². The fraction of sp³-hybridized carbons (Fsp3) is 0.429. The molecule has 0 aliphatic rings. The van der Waals surface area contributed by atoms with Gasteiger partial charge in [0.05, 0.1) is 33.7 Å². The highest BCUT2D eigenvalue weighted by molar-refractivity contribution is 7.80. The van der Waals surface area contributed by atoms with Gasteiger partial charge in [0.2, 0.25) is 5.91 Å². The van der Waals surface area contributed by atoms with Crippen LogP contribution in [0.3, 0.4) is 0 Å². The zero-order valence-corrected chi connectivity index (χ0v) is 14.1. The van der Waals surface area contributed by atoms with E-state index >= 15 is 0 Å². The minimum atomic E-state index is -0.164. The lowest BCUT2D eigenvalue weighted by Crippen LogP contribution is -3.06. The van der Waals surface area contributed by atoms with E-state index in [1.165, 1.54) is 4.90 Å². The SMILES string of the molecule is Cc1c(Cl)cccc1NC(=O)CNC(=S)NCC[NH+](C)C. The minimum Gasteiger partial charge on any atom is -0.357 e. The lowest BCUT2D eigenvalue weighted by Gasteiger charge is -2.13. The predicted octanol–water partition coefficient (Wildman–Crippen LogP) is 0.196. The number of thiocarbonyl (C=S) groups is 1. The molecule has 116 valence electrons. The highest BCUT2D eigenvalue weighted by Gasteiger charge is 2.07. The maximum Gasteiger partial charge on any atom is 0.243 e. The maximum absolute atomic E-state index is 11.9. The van der Waals surface area contributed by atoms with Crippen LogP contribution < -0.4 is 20.9 Å². The molecule has 0 saturated carbocycles. The summed E-state index contributed by atoms with van der Waals surface area (Å²) in [5, 5.41) is 9.84. The molecule has 0 unspecified atom stereocenters. The van der Waals surface area contributed by atoms with Crippen LogP contribution >= 0.6 is 23.8 Å². The van der Waals surface area contributed by atoms with Gasteiger partial charge in [0.15, 0.2) is 5.11 Å². The summed E-state index contributed by atoms with van der Waals surface area (Å²) >= 11 is 11.1. The van der Waals surface area contributed by atoms with E-state index < -0.39 is 0 Å². The fourth-order valence-electron chi connectivity index (χ4n) is 1.59. The molecule has 0 heterocycles. The summed E-state index contributed by atoms with van der Waals surface area (Å²) < 4.78 is 0. The van der Waals surface area contributed by atoms with Gasteiger partial charge < -0.3 is 20.9 Å². The van der Waals surface area contributed by atoms with Crippen LogP contribution in [0.5, 0.6) is 0 Å². The zero-order valence-electron chi connectivity index (χ0n) is 12.5. The van der Waals surface area contributed by atoms with E-state index in [0.29, 0.717) is 15.8 Å². The average molecular weight is 330 g/mol. The van der Waals surface area contributed by atoms with E-state index in [-0.39, 0.29) is 12.5 Å². The number of carbonyl (C=O) groups is 1. The van der Waals surface area contributed by atoms with Crippen LogP contribution in [-0.2, 0) is 4.79 Å². The standard InChI is InChI=1S/C14H21ClN4OS/c1-10-11(15)5-4-6-12(10)18-13(20)9-17-14(21)16-7-8-19(2)3/h4-6H,7-9H2,1-3H3,(H,18,20)(H2,16,17,21)/p+1. The number of likely N-dealkylation sites (N-methyl/N-ethyl adjacent to an activating group) is 1. The third-order valence-corrected chi connectivity index (χ3v) is 3.56. The van der Waals surface area contributed by atoms with Crippen LogP contribution in [0, 0.1) is 6.92 Å². The van der Waals surface area contributed by atoms with Crippen LogP contribution in [0.15, 0.2) is 18.2 Å². The van der Waals surface area contributed by atoms with Gasteiger partial charge in [-0.2, -0.15) is 0 Å². The van der Waals surface area contributed by atoms with Crippen molar-refractivity contribution in [1.29, 1.82) is 0 Å². The second kappa shape index (κ2) is 8.81. The number of hydrogen-bond acceptors (Lipinski definition) is 2. The Bertz CT molecular complexity index is 508. The summed E-state index contributed by atoms with van der Waals surface area (Å²) in [5.74, 6) is -0.164. The van der Waals surface area contributed by atoms with E-state index in [9.17, 15) is 4.79 Å². The van der Waals surface area contributed by atoms with Gasteiger partial charge in [-0.3, -0.25) is 4.79 Å². The van der Waals surface area contributed by atoms with E-state index in [4.69, 9.17) is 23.8 Å². The Hall–Kier alpha value is -1.37. The fourth-order valence-corrected chi connectivity index (χ4v) is 1.94. The van der Waals surface area contributed by atoms with Crippen molar-refractivity contribution in [1.82, 2.24) is 10.6 Å². The van der Waals surface area contributed by atoms with Crippen LogP contribution in [0.1, 0.15) is 5.56 Å². The molecule has 0 aromatic heterocycles. The van der Waals surface area contributed by atoms with E-state index in [1.54, 1.807) is 12.1 Å².